The molecule has 0 aliphatic carbocycles. The van der Waals surface area contributed by atoms with Gasteiger partial charge >= 0.3 is 0 Å². The second-order valence-corrected chi connectivity index (χ2v) is 6.62. The van der Waals surface area contributed by atoms with Crippen LogP contribution in [0.2, 0.25) is 0 Å². The maximum atomic E-state index is 12.1. The molecule has 2 fully saturated rings. The van der Waals surface area contributed by atoms with Crippen molar-refractivity contribution in [3.05, 3.63) is 0 Å². The molecule has 2 unspecified atom stereocenters. The lowest BCUT2D eigenvalue weighted by Gasteiger charge is -2.30. The standard InChI is InChI=1S/C10H21N3O2S.ClH/c1-9-3-2-6-13(8-9)16(14,15)12-10-4-5-11-7-10;/h9-12H,2-8H2,1H3;1H. The Hall–Kier alpha value is 0.120. The summed E-state index contributed by atoms with van der Waals surface area (Å²) in [6.45, 7) is 5.10. The lowest BCUT2D eigenvalue weighted by atomic mass is 10.0. The van der Waals surface area contributed by atoms with Gasteiger partial charge in [-0.1, -0.05) is 6.92 Å². The van der Waals surface area contributed by atoms with E-state index in [1.807, 2.05) is 0 Å². The zero-order valence-corrected chi connectivity index (χ0v) is 11.8. The molecule has 17 heavy (non-hydrogen) atoms. The second kappa shape index (κ2) is 6.33. The Morgan fingerprint density at radius 3 is 2.71 bits per heavy atom. The van der Waals surface area contributed by atoms with Crippen molar-refractivity contribution in [2.75, 3.05) is 26.2 Å². The molecule has 0 radical (unpaired) electrons. The van der Waals surface area contributed by atoms with Gasteiger partial charge in [-0.3, -0.25) is 0 Å². The van der Waals surface area contributed by atoms with Crippen LogP contribution in [0.3, 0.4) is 0 Å². The van der Waals surface area contributed by atoms with Gasteiger partial charge in [-0.15, -0.1) is 12.4 Å². The van der Waals surface area contributed by atoms with Crippen molar-refractivity contribution in [3.8, 4) is 0 Å². The fourth-order valence-corrected chi connectivity index (χ4v) is 4.00. The Labute approximate surface area is 110 Å². The molecular weight excluding hydrogens is 262 g/mol. The molecule has 2 saturated heterocycles. The number of piperidine rings is 1. The summed E-state index contributed by atoms with van der Waals surface area (Å²) in [6.07, 6.45) is 3.00. The van der Waals surface area contributed by atoms with Crippen molar-refractivity contribution >= 4 is 22.6 Å². The molecule has 2 N–H and O–H groups in total. The third-order valence-corrected chi connectivity index (χ3v) is 4.98. The minimum Gasteiger partial charge on any atom is -0.315 e. The van der Waals surface area contributed by atoms with Gasteiger partial charge in [-0.2, -0.15) is 17.4 Å². The monoisotopic (exact) mass is 283 g/mol. The van der Waals surface area contributed by atoms with Crippen molar-refractivity contribution < 1.29 is 8.42 Å². The lowest BCUT2D eigenvalue weighted by Crippen LogP contribution is -2.49. The highest BCUT2D eigenvalue weighted by Gasteiger charge is 2.29. The zero-order valence-electron chi connectivity index (χ0n) is 10.2. The van der Waals surface area contributed by atoms with Crippen LogP contribution in [-0.2, 0) is 10.2 Å². The summed E-state index contributed by atoms with van der Waals surface area (Å²) in [7, 11) is -3.26. The van der Waals surface area contributed by atoms with E-state index in [1.54, 1.807) is 4.31 Å². The van der Waals surface area contributed by atoms with E-state index in [9.17, 15) is 8.42 Å². The van der Waals surface area contributed by atoms with Crippen LogP contribution in [0.5, 0.6) is 0 Å². The first-order valence-corrected chi connectivity index (χ1v) is 7.50. The number of hydrogen-bond donors (Lipinski definition) is 2. The van der Waals surface area contributed by atoms with Crippen molar-refractivity contribution in [2.24, 2.45) is 5.92 Å². The SMILES string of the molecule is CC1CCCN(S(=O)(=O)NC2CCNC2)C1.Cl. The molecule has 0 aromatic rings. The van der Waals surface area contributed by atoms with Gasteiger partial charge in [-0.05, 0) is 31.7 Å². The second-order valence-electron chi connectivity index (χ2n) is 4.92. The van der Waals surface area contributed by atoms with Gasteiger partial charge in [-0.25, -0.2) is 0 Å². The fourth-order valence-electron chi connectivity index (χ4n) is 2.41. The predicted octanol–water partition coefficient (Wildman–Crippen LogP) is 0.336. The van der Waals surface area contributed by atoms with E-state index in [-0.39, 0.29) is 18.4 Å². The summed E-state index contributed by atoms with van der Waals surface area (Å²) >= 11 is 0. The van der Waals surface area contributed by atoms with Crippen LogP contribution < -0.4 is 10.0 Å². The molecule has 2 aliphatic heterocycles. The Bertz CT molecular complexity index is 330. The molecule has 0 saturated carbocycles. The third-order valence-electron chi connectivity index (χ3n) is 3.34. The lowest BCUT2D eigenvalue weighted by molar-refractivity contribution is 0.277. The average Bonchev–Trinajstić information content (AvgIpc) is 2.70. The highest BCUT2D eigenvalue weighted by atomic mass is 35.5. The molecule has 0 bridgehead atoms. The summed E-state index contributed by atoms with van der Waals surface area (Å²) in [6, 6.07) is 0.0715. The van der Waals surface area contributed by atoms with Gasteiger partial charge in [0, 0.05) is 25.7 Å². The van der Waals surface area contributed by atoms with E-state index < -0.39 is 10.2 Å². The molecular formula is C10H22ClN3O2S. The topological polar surface area (TPSA) is 61.4 Å². The number of hydrogen-bond acceptors (Lipinski definition) is 3. The van der Waals surface area contributed by atoms with E-state index in [0.717, 1.165) is 32.4 Å². The van der Waals surface area contributed by atoms with Crippen molar-refractivity contribution in [1.29, 1.82) is 0 Å². The Kier molecular flexibility index (Phi) is 5.66. The first-order chi connectivity index (χ1) is 7.58. The number of rotatable bonds is 3. The predicted molar refractivity (Wildman–Crippen MR) is 70.5 cm³/mol. The number of nitrogens with one attached hydrogen (secondary N) is 2. The van der Waals surface area contributed by atoms with Gasteiger partial charge in [0.15, 0.2) is 0 Å². The van der Waals surface area contributed by atoms with Gasteiger partial charge in [0.25, 0.3) is 10.2 Å². The van der Waals surface area contributed by atoms with Crippen LogP contribution in [0.15, 0.2) is 0 Å². The van der Waals surface area contributed by atoms with Crippen LogP contribution in [0.1, 0.15) is 26.2 Å². The van der Waals surface area contributed by atoms with Crippen LogP contribution in [0.25, 0.3) is 0 Å². The molecule has 102 valence electrons. The third kappa shape index (κ3) is 4.06. The summed E-state index contributed by atoms with van der Waals surface area (Å²) in [4.78, 5) is 0. The minimum absolute atomic E-state index is 0. The molecule has 0 aromatic heterocycles. The molecule has 0 spiro atoms. The van der Waals surface area contributed by atoms with Gasteiger partial charge in [0.1, 0.15) is 0 Å². The Morgan fingerprint density at radius 2 is 2.12 bits per heavy atom. The summed E-state index contributed by atoms with van der Waals surface area (Å²) < 4.78 is 28.5. The summed E-state index contributed by atoms with van der Waals surface area (Å²) in [5.74, 6) is 0.479. The van der Waals surface area contributed by atoms with Crippen LogP contribution in [-0.4, -0.2) is 44.9 Å². The maximum absolute atomic E-state index is 12.1. The van der Waals surface area contributed by atoms with Crippen molar-refractivity contribution in [2.45, 2.75) is 32.2 Å². The van der Waals surface area contributed by atoms with Gasteiger partial charge in [0.05, 0.1) is 0 Å². The van der Waals surface area contributed by atoms with E-state index >= 15 is 0 Å². The highest BCUT2D eigenvalue weighted by Crippen LogP contribution is 2.18. The van der Waals surface area contributed by atoms with Gasteiger partial charge < -0.3 is 5.32 Å². The van der Waals surface area contributed by atoms with E-state index in [0.29, 0.717) is 19.0 Å². The smallest absolute Gasteiger partial charge is 0.279 e. The highest BCUT2D eigenvalue weighted by molar-refractivity contribution is 7.87. The molecule has 2 rings (SSSR count). The van der Waals surface area contributed by atoms with E-state index in [4.69, 9.17) is 0 Å². The first-order valence-electron chi connectivity index (χ1n) is 6.06. The molecule has 0 amide bonds. The van der Waals surface area contributed by atoms with Crippen LogP contribution in [0.4, 0.5) is 0 Å². The molecule has 0 aromatic carbocycles. The largest absolute Gasteiger partial charge is 0.315 e. The first kappa shape index (κ1) is 15.2. The quantitative estimate of drug-likeness (QED) is 0.785. The molecule has 2 heterocycles. The maximum Gasteiger partial charge on any atom is 0.279 e. The van der Waals surface area contributed by atoms with Crippen LogP contribution in [0, 0.1) is 5.92 Å². The van der Waals surface area contributed by atoms with Crippen molar-refractivity contribution in [1.82, 2.24) is 14.3 Å². The van der Waals surface area contributed by atoms with Gasteiger partial charge in [0.2, 0.25) is 0 Å². The normalized spacial score (nSPS) is 31.1. The zero-order chi connectivity index (χ0) is 11.6. The average molecular weight is 284 g/mol. The van der Waals surface area contributed by atoms with E-state index in [2.05, 4.69) is 17.0 Å². The fraction of sp³-hybridized carbons (Fsp3) is 1.00. The molecule has 2 aliphatic rings. The molecule has 2 atom stereocenters. The Morgan fingerprint density at radius 1 is 1.35 bits per heavy atom. The number of nitrogens with zero attached hydrogens (tertiary/aromatic N) is 1. The molecule has 5 nitrogen and oxygen atoms in total. The van der Waals surface area contributed by atoms with Crippen LogP contribution >= 0.6 is 12.4 Å². The molecule has 7 heteroatoms. The van der Waals surface area contributed by atoms with Crippen molar-refractivity contribution in [3.63, 3.8) is 0 Å². The minimum atomic E-state index is -3.26. The van der Waals surface area contributed by atoms with E-state index in [1.165, 1.54) is 0 Å². The Balaban J connectivity index is 0.00000144. The number of halogens is 1. The summed E-state index contributed by atoms with van der Waals surface area (Å²) in [5, 5.41) is 3.16. The summed E-state index contributed by atoms with van der Waals surface area (Å²) in [5.41, 5.74) is 0.